The second kappa shape index (κ2) is 7.07. The van der Waals surface area contributed by atoms with Gasteiger partial charge in [-0.25, -0.2) is 0 Å². The highest BCUT2D eigenvalue weighted by Gasteiger charge is 2.23. The molecule has 1 fully saturated rings. The van der Waals surface area contributed by atoms with Crippen molar-refractivity contribution >= 4 is 27.5 Å². The van der Waals surface area contributed by atoms with Gasteiger partial charge in [0.2, 0.25) is 0 Å². The van der Waals surface area contributed by atoms with Crippen LogP contribution in [0.5, 0.6) is 0 Å². The molecule has 1 saturated heterocycles. The van der Waals surface area contributed by atoms with Gasteiger partial charge in [0, 0.05) is 23.6 Å². The number of benzene rings is 1. The number of halogens is 2. The van der Waals surface area contributed by atoms with E-state index in [1.807, 2.05) is 12.1 Å². The van der Waals surface area contributed by atoms with Gasteiger partial charge in [-0.3, -0.25) is 0 Å². The van der Waals surface area contributed by atoms with Crippen molar-refractivity contribution in [3.05, 3.63) is 33.3 Å². The molecule has 1 atom stereocenters. The molecule has 19 heavy (non-hydrogen) atoms. The number of nitrogens with zero attached hydrogens (tertiary/aromatic N) is 1. The summed E-state index contributed by atoms with van der Waals surface area (Å²) in [5, 5.41) is 4.33. The predicted molar refractivity (Wildman–Crippen MR) is 85.7 cm³/mol. The zero-order valence-electron chi connectivity index (χ0n) is 11.6. The highest BCUT2D eigenvalue weighted by molar-refractivity contribution is 9.10. The van der Waals surface area contributed by atoms with Gasteiger partial charge in [-0.05, 0) is 72.9 Å². The first-order valence-electron chi connectivity index (χ1n) is 6.95. The summed E-state index contributed by atoms with van der Waals surface area (Å²) in [6, 6.07) is 6.82. The summed E-state index contributed by atoms with van der Waals surface area (Å²) < 4.78 is 0.960. The molecule has 1 unspecified atom stereocenters. The third-order valence-electron chi connectivity index (χ3n) is 3.79. The van der Waals surface area contributed by atoms with Gasteiger partial charge in [-0.15, -0.1) is 0 Å². The Labute approximate surface area is 129 Å². The lowest BCUT2D eigenvalue weighted by Gasteiger charge is -2.20. The number of hydrogen-bond acceptors (Lipinski definition) is 2. The molecule has 0 amide bonds. The van der Waals surface area contributed by atoms with Gasteiger partial charge in [0.1, 0.15) is 0 Å². The second-order valence-electron chi connectivity index (χ2n) is 5.62. The van der Waals surface area contributed by atoms with E-state index in [1.165, 1.54) is 25.1 Å². The van der Waals surface area contributed by atoms with Gasteiger partial charge in [0.25, 0.3) is 0 Å². The highest BCUT2D eigenvalue weighted by Crippen LogP contribution is 2.23. The molecule has 1 heterocycles. The molecule has 0 radical (unpaired) electrons. The Kier molecular flexibility index (Phi) is 5.70. The van der Waals surface area contributed by atoms with Crippen LogP contribution in [-0.2, 0) is 6.54 Å². The molecule has 2 nitrogen and oxygen atoms in total. The van der Waals surface area contributed by atoms with Crippen LogP contribution in [0.15, 0.2) is 22.7 Å². The standard InChI is InChI=1S/C15H22BrClN2/c1-11(2)19-6-5-13(10-19)9-18-8-12-3-4-14(16)15(17)7-12/h3-4,7,11,13,18H,5-6,8-10H2,1-2H3. The Morgan fingerprint density at radius 3 is 2.89 bits per heavy atom. The Morgan fingerprint density at radius 2 is 2.26 bits per heavy atom. The normalized spacial score (nSPS) is 20.4. The summed E-state index contributed by atoms with van der Waals surface area (Å²) in [6.45, 7) is 9.02. The van der Waals surface area contributed by atoms with E-state index in [1.54, 1.807) is 0 Å². The summed E-state index contributed by atoms with van der Waals surface area (Å²) in [6.07, 6.45) is 1.31. The van der Waals surface area contributed by atoms with Gasteiger partial charge in [-0.2, -0.15) is 0 Å². The van der Waals surface area contributed by atoms with Gasteiger partial charge >= 0.3 is 0 Å². The van der Waals surface area contributed by atoms with Crippen molar-refractivity contribution in [1.82, 2.24) is 10.2 Å². The minimum atomic E-state index is 0.676. The average molecular weight is 346 g/mol. The monoisotopic (exact) mass is 344 g/mol. The van der Waals surface area contributed by atoms with Crippen LogP contribution in [0, 0.1) is 5.92 Å². The van der Waals surface area contributed by atoms with E-state index in [2.05, 4.69) is 46.1 Å². The Balaban J connectivity index is 1.73. The summed E-state index contributed by atoms with van der Waals surface area (Å²) in [5.41, 5.74) is 1.24. The Bertz CT molecular complexity index is 423. The van der Waals surface area contributed by atoms with Crippen LogP contribution in [0.4, 0.5) is 0 Å². The number of likely N-dealkylation sites (tertiary alicyclic amines) is 1. The summed E-state index contributed by atoms with van der Waals surface area (Å²) in [7, 11) is 0. The summed E-state index contributed by atoms with van der Waals surface area (Å²) in [5.74, 6) is 0.785. The van der Waals surface area contributed by atoms with E-state index >= 15 is 0 Å². The van der Waals surface area contributed by atoms with Crippen LogP contribution in [0.2, 0.25) is 5.02 Å². The lowest BCUT2D eigenvalue weighted by atomic mass is 10.1. The molecule has 0 aliphatic carbocycles. The summed E-state index contributed by atoms with van der Waals surface area (Å²) in [4.78, 5) is 2.56. The zero-order valence-corrected chi connectivity index (χ0v) is 14.0. The lowest BCUT2D eigenvalue weighted by Crippen LogP contribution is -2.30. The second-order valence-corrected chi connectivity index (χ2v) is 6.88. The van der Waals surface area contributed by atoms with E-state index < -0.39 is 0 Å². The lowest BCUT2D eigenvalue weighted by molar-refractivity contribution is 0.264. The SMILES string of the molecule is CC(C)N1CCC(CNCc2ccc(Br)c(Cl)c2)C1. The fraction of sp³-hybridized carbons (Fsp3) is 0.600. The summed E-state index contributed by atoms with van der Waals surface area (Å²) >= 11 is 9.51. The third-order valence-corrected chi connectivity index (χ3v) is 5.03. The average Bonchev–Trinajstić information content (AvgIpc) is 2.83. The molecule has 1 aromatic carbocycles. The maximum absolute atomic E-state index is 6.09. The van der Waals surface area contributed by atoms with Crippen molar-refractivity contribution < 1.29 is 0 Å². The molecule has 0 saturated carbocycles. The van der Waals surface area contributed by atoms with Crippen LogP contribution in [0.25, 0.3) is 0 Å². The van der Waals surface area contributed by atoms with E-state index in [4.69, 9.17) is 11.6 Å². The van der Waals surface area contributed by atoms with Crippen LogP contribution < -0.4 is 5.32 Å². The first-order valence-corrected chi connectivity index (χ1v) is 8.12. The third kappa shape index (κ3) is 4.45. The molecule has 2 rings (SSSR count). The molecule has 0 bridgehead atoms. The molecule has 1 aliphatic rings. The highest BCUT2D eigenvalue weighted by atomic mass is 79.9. The largest absolute Gasteiger partial charge is 0.312 e. The molecule has 1 aromatic rings. The van der Waals surface area contributed by atoms with Gasteiger partial charge in [0.15, 0.2) is 0 Å². The fourth-order valence-electron chi connectivity index (χ4n) is 2.57. The molecular weight excluding hydrogens is 324 g/mol. The first-order chi connectivity index (χ1) is 9.06. The van der Waals surface area contributed by atoms with E-state index in [0.29, 0.717) is 6.04 Å². The van der Waals surface area contributed by atoms with E-state index in [-0.39, 0.29) is 0 Å². The Hall–Kier alpha value is -0.0900. The number of hydrogen-bond donors (Lipinski definition) is 1. The van der Waals surface area contributed by atoms with Crippen molar-refractivity contribution in [3.8, 4) is 0 Å². The molecule has 106 valence electrons. The van der Waals surface area contributed by atoms with Crippen molar-refractivity contribution in [1.29, 1.82) is 0 Å². The molecule has 1 aliphatic heterocycles. The predicted octanol–water partition coefficient (Wildman–Crippen LogP) is 3.92. The van der Waals surface area contributed by atoms with Crippen LogP contribution in [0.1, 0.15) is 25.8 Å². The molecule has 0 spiro atoms. The zero-order chi connectivity index (χ0) is 13.8. The maximum atomic E-state index is 6.09. The minimum Gasteiger partial charge on any atom is -0.312 e. The molecular formula is C15H22BrClN2. The van der Waals surface area contributed by atoms with Crippen molar-refractivity contribution in [2.75, 3.05) is 19.6 Å². The molecule has 4 heteroatoms. The first kappa shape index (κ1) is 15.3. The van der Waals surface area contributed by atoms with Crippen molar-refractivity contribution in [2.24, 2.45) is 5.92 Å². The quantitative estimate of drug-likeness (QED) is 0.870. The topological polar surface area (TPSA) is 15.3 Å². The van der Waals surface area contributed by atoms with E-state index in [9.17, 15) is 0 Å². The van der Waals surface area contributed by atoms with Crippen molar-refractivity contribution in [2.45, 2.75) is 32.9 Å². The minimum absolute atomic E-state index is 0.676. The maximum Gasteiger partial charge on any atom is 0.0551 e. The number of nitrogens with one attached hydrogen (secondary N) is 1. The molecule has 1 N–H and O–H groups in total. The van der Waals surface area contributed by atoms with Gasteiger partial charge in [0.05, 0.1) is 5.02 Å². The van der Waals surface area contributed by atoms with Gasteiger partial charge < -0.3 is 10.2 Å². The van der Waals surface area contributed by atoms with E-state index in [0.717, 1.165) is 28.5 Å². The molecule has 0 aromatic heterocycles. The van der Waals surface area contributed by atoms with Crippen LogP contribution >= 0.6 is 27.5 Å². The smallest absolute Gasteiger partial charge is 0.0551 e. The van der Waals surface area contributed by atoms with Crippen molar-refractivity contribution in [3.63, 3.8) is 0 Å². The van der Waals surface area contributed by atoms with Crippen LogP contribution in [0.3, 0.4) is 0 Å². The number of rotatable bonds is 5. The fourth-order valence-corrected chi connectivity index (χ4v) is 3.02. The van der Waals surface area contributed by atoms with Gasteiger partial charge in [-0.1, -0.05) is 17.7 Å². The van der Waals surface area contributed by atoms with Crippen LogP contribution in [-0.4, -0.2) is 30.6 Å². The Morgan fingerprint density at radius 1 is 1.47 bits per heavy atom.